The molecule has 6 heteroatoms. The van der Waals surface area contributed by atoms with Gasteiger partial charge in [-0.1, -0.05) is 244 Å². The Morgan fingerprint density at radius 3 is 0.957 bits per heavy atom. The highest BCUT2D eigenvalue weighted by Crippen LogP contribution is 2.14. The normalized spacial score (nSPS) is 13.1. The van der Waals surface area contributed by atoms with Gasteiger partial charge in [-0.15, -0.1) is 0 Å². The molecule has 0 fully saturated rings. The number of ether oxygens (including phenoxy) is 3. The molecule has 70 heavy (non-hydrogen) atoms. The van der Waals surface area contributed by atoms with Crippen LogP contribution in [0.2, 0.25) is 0 Å². The van der Waals surface area contributed by atoms with Crippen LogP contribution in [0.5, 0.6) is 0 Å². The maximum absolute atomic E-state index is 12.8. The lowest BCUT2D eigenvalue weighted by molar-refractivity contribution is -0.166. The van der Waals surface area contributed by atoms with Gasteiger partial charge in [-0.2, -0.15) is 0 Å². The number of hydrogen-bond acceptors (Lipinski definition) is 6. The Kier molecular flexibility index (Phi) is 53.5. The Labute approximate surface area is 430 Å². The summed E-state index contributed by atoms with van der Waals surface area (Å²) < 4.78 is 16.7. The van der Waals surface area contributed by atoms with Crippen LogP contribution >= 0.6 is 0 Å². The maximum atomic E-state index is 12.8. The van der Waals surface area contributed by atoms with E-state index >= 15 is 0 Å². The molecule has 0 bridgehead atoms. The van der Waals surface area contributed by atoms with Crippen molar-refractivity contribution in [3.8, 4) is 0 Å². The quantitative estimate of drug-likeness (QED) is 0.0262. The highest BCUT2D eigenvalue weighted by Gasteiger charge is 2.19. The van der Waals surface area contributed by atoms with Gasteiger partial charge in [-0.05, 0) is 103 Å². The van der Waals surface area contributed by atoms with E-state index in [0.29, 0.717) is 19.3 Å². The van der Waals surface area contributed by atoms with Crippen molar-refractivity contribution in [3.05, 3.63) is 134 Å². The molecule has 0 aromatic heterocycles. The first-order valence-electron chi connectivity index (χ1n) is 28.2. The molecule has 0 heterocycles. The van der Waals surface area contributed by atoms with Crippen molar-refractivity contribution in [2.75, 3.05) is 13.2 Å². The zero-order valence-corrected chi connectivity index (χ0v) is 45.0. The predicted octanol–water partition coefficient (Wildman–Crippen LogP) is 19.0. The lowest BCUT2D eigenvalue weighted by Crippen LogP contribution is -2.30. The fraction of sp³-hybridized carbons (Fsp3) is 0.609. The van der Waals surface area contributed by atoms with Crippen LogP contribution in [0.25, 0.3) is 0 Å². The Balaban J connectivity index is 4.47. The van der Waals surface area contributed by atoms with Gasteiger partial charge in [0.1, 0.15) is 13.2 Å². The minimum Gasteiger partial charge on any atom is -0.462 e. The second-order valence-corrected chi connectivity index (χ2v) is 18.1. The molecule has 0 aromatic rings. The zero-order valence-electron chi connectivity index (χ0n) is 45.0. The molecular formula is C64H102O6. The summed E-state index contributed by atoms with van der Waals surface area (Å²) >= 11 is 0. The van der Waals surface area contributed by atoms with E-state index in [0.717, 1.165) is 116 Å². The van der Waals surface area contributed by atoms with Gasteiger partial charge >= 0.3 is 17.9 Å². The summed E-state index contributed by atoms with van der Waals surface area (Å²) in [7, 11) is 0. The first-order valence-corrected chi connectivity index (χ1v) is 28.2. The fourth-order valence-electron chi connectivity index (χ4n) is 7.26. The number of hydrogen-bond donors (Lipinski definition) is 0. The van der Waals surface area contributed by atoms with Crippen molar-refractivity contribution in [1.82, 2.24) is 0 Å². The third-order valence-corrected chi connectivity index (χ3v) is 11.4. The van der Waals surface area contributed by atoms with E-state index in [2.05, 4.69) is 142 Å². The van der Waals surface area contributed by atoms with Crippen LogP contribution in [-0.4, -0.2) is 37.2 Å². The Morgan fingerprint density at radius 1 is 0.300 bits per heavy atom. The van der Waals surface area contributed by atoms with Crippen LogP contribution < -0.4 is 0 Å². The number of allylic oxidation sites excluding steroid dienone is 22. The maximum Gasteiger partial charge on any atom is 0.306 e. The average Bonchev–Trinajstić information content (AvgIpc) is 3.36. The number of carbonyl (C=O) groups excluding carboxylic acids is 3. The molecule has 0 N–H and O–H groups in total. The summed E-state index contributed by atoms with van der Waals surface area (Å²) in [6.45, 7) is 6.31. The standard InChI is InChI=1S/C64H102O6/c1-4-7-10-13-16-19-22-25-27-28-29-30-31-32-33-34-35-36-37-40-42-45-48-51-54-57-63(66)69-60-61(59-68-62(65)56-53-50-47-44-41-38-24-21-18-15-12-9-6-3)70-64(67)58-55-52-49-46-43-39-26-23-20-17-14-11-8-5-2/h7,9-10,12,16,18-19,21,25,27,29-30,32-33,35-36,38,40-42,47,50,61H,4-6,8,11,13-15,17,20,22-24,26,28,31,34,37,39,43-46,48-49,51-60H2,1-3H3/b10-7-,12-9-,19-16-,21-18-,27-25-,30-29-,33-32-,36-35-,41-38-,42-40-,50-47-. The van der Waals surface area contributed by atoms with E-state index < -0.39 is 6.10 Å². The average molecular weight is 968 g/mol. The van der Waals surface area contributed by atoms with E-state index in [1.54, 1.807) is 0 Å². The second kappa shape index (κ2) is 57.1. The summed E-state index contributed by atoms with van der Waals surface area (Å²) in [6, 6.07) is 0. The minimum atomic E-state index is -0.823. The molecule has 6 nitrogen and oxygen atoms in total. The first-order chi connectivity index (χ1) is 34.5. The molecule has 0 aliphatic carbocycles. The first kappa shape index (κ1) is 65.5. The van der Waals surface area contributed by atoms with Crippen LogP contribution in [0.15, 0.2) is 134 Å². The van der Waals surface area contributed by atoms with E-state index in [1.165, 1.54) is 70.6 Å². The molecule has 1 unspecified atom stereocenters. The minimum absolute atomic E-state index is 0.120. The molecule has 0 spiro atoms. The summed E-state index contributed by atoms with van der Waals surface area (Å²) in [4.78, 5) is 38.0. The van der Waals surface area contributed by atoms with Gasteiger partial charge in [0.15, 0.2) is 6.10 Å². The monoisotopic (exact) mass is 967 g/mol. The molecule has 0 radical (unpaired) electrons. The summed E-state index contributed by atoms with van der Waals surface area (Å²) in [5.74, 6) is -1.04. The van der Waals surface area contributed by atoms with Gasteiger partial charge in [0.2, 0.25) is 0 Å². The molecule has 0 amide bonds. The van der Waals surface area contributed by atoms with Crippen LogP contribution in [0.1, 0.15) is 233 Å². The Morgan fingerprint density at radius 2 is 0.586 bits per heavy atom. The molecule has 0 rings (SSSR count). The molecule has 1 atom stereocenters. The Bertz CT molecular complexity index is 1530. The fourth-order valence-corrected chi connectivity index (χ4v) is 7.26. The van der Waals surface area contributed by atoms with Crippen LogP contribution in [-0.2, 0) is 28.6 Å². The molecule has 0 aliphatic heterocycles. The van der Waals surface area contributed by atoms with E-state index in [9.17, 15) is 14.4 Å². The van der Waals surface area contributed by atoms with E-state index in [1.807, 2.05) is 12.2 Å². The summed E-state index contributed by atoms with van der Waals surface area (Å²) in [5, 5.41) is 0. The SMILES string of the molecule is CC/C=C\C/C=C\C/C=C\C/C=C\C/C=C\C/C=C\C/C=C\CCCCCC(=O)OCC(COC(=O)CC/C=C\C/C=C\C/C=C\C/C=C\CC)OC(=O)CCCCCCCCCCCCCCCC. The third-order valence-electron chi connectivity index (χ3n) is 11.4. The van der Waals surface area contributed by atoms with Gasteiger partial charge < -0.3 is 14.2 Å². The third kappa shape index (κ3) is 54.5. The van der Waals surface area contributed by atoms with Crippen LogP contribution in [0, 0.1) is 0 Å². The van der Waals surface area contributed by atoms with Gasteiger partial charge in [0.05, 0.1) is 0 Å². The Hall–Kier alpha value is -4.45. The summed E-state index contributed by atoms with van der Waals surface area (Å²) in [5.41, 5.74) is 0. The number of rotatable bonds is 49. The van der Waals surface area contributed by atoms with Crippen molar-refractivity contribution in [3.63, 3.8) is 0 Å². The molecule has 0 saturated carbocycles. The van der Waals surface area contributed by atoms with Crippen molar-refractivity contribution in [1.29, 1.82) is 0 Å². The highest BCUT2D eigenvalue weighted by molar-refractivity contribution is 5.71. The van der Waals surface area contributed by atoms with E-state index in [-0.39, 0.29) is 37.5 Å². The lowest BCUT2D eigenvalue weighted by Gasteiger charge is -2.18. The highest BCUT2D eigenvalue weighted by atomic mass is 16.6. The van der Waals surface area contributed by atoms with Crippen molar-refractivity contribution >= 4 is 17.9 Å². The largest absolute Gasteiger partial charge is 0.462 e. The number of carbonyl (C=O) groups is 3. The van der Waals surface area contributed by atoms with Gasteiger partial charge in [-0.3, -0.25) is 14.4 Å². The molecule has 0 aromatic carbocycles. The molecule has 394 valence electrons. The predicted molar refractivity (Wildman–Crippen MR) is 302 cm³/mol. The zero-order chi connectivity index (χ0) is 50.7. The van der Waals surface area contributed by atoms with E-state index in [4.69, 9.17) is 14.2 Å². The van der Waals surface area contributed by atoms with Crippen molar-refractivity contribution < 1.29 is 28.6 Å². The number of unbranched alkanes of at least 4 members (excludes halogenated alkanes) is 16. The van der Waals surface area contributed by atoms with Gasteiger partial charge in [0, 0.05) is 19.3 Å². The van der Waals surface area contributed by atoms with Crippen LogP contribution in [0.4, 0.5) is 0 Å². The number of esters is 3. The smallest absolute Gasteiger partial charge is 0.306 e. The van der Waals surface area contributed by atoms with Crippen molar-refractivity contribution in [2.45, 2.75) is 239 Å². The molecular weight excluding hydrogens is 865 g/mol. The lowest BCUT2D eigenvalue weighted by atomic mass is 10.0. The van der Waals surface area contributed by atoms with Gasteiger partial charge in [-0.25, -0.2) is 0 Å². The topological polar surface area (TPSA) is 78.9 Å². The van der Waals surface area contributed by atoms with Crippen LogP contribution in [0.3, 0.4) is 0 Å². The van der Waals surface area contributed by atoms with Gasteiger partial charge in [0.25, 0.3) is 0 Å². The molecule has 0 saturated heterocycles. The molecule has 0 aliphatic rings. The van der Waals surface area contributed by atoms with Crippen molar-refractivity contribution in [2.24, 2.45) is 0 Å². The second-order valence-electron chi connectivity index (χ2n) is 18.1. The summed E-state index contributed by atoms with van der Waals surface area (Å²) in [6.07, 6.45) is 80.3.